The summed E-state index contributed by atoms with van der Waals surface area (Å²) in [4.78, 5) is 21.6. The lowest BCUT2D eigenvalue weighted by Gasteiger charge is -2.34. The van der Waals surface area contributed by atoms with Crippen molar-refractivity contribution in [3.63, 3.8) is 0 Å². The second kappa shape index (κ2) is 6.40. The molecule has 0 bridgehead atoms. The van der Waals surface area contributed by atoms with Crippen LogP contribution in [0.15, 0.2) is 24.3 Å². The van der Waals surface area contributed by atoms with Crippen LogP contribution in [0, 0.1) is 17.2 Å². The summed E-state index contributed by atoms with van der Waals surface area (Å²) in [6.45, 7) is 1.89. The van der Waals surface area contributed by atoms with Gasteiger partial charge in [-0.05, 0) is 37.8 Å². The van der Waals surface area contributed by atoms with Crippen molar-refractivity contribution in [1.29, 1.82) is 5.26 Å². The fraction of sp³-hybridized carbons (Fsp3) is 0.500. The largest absolute Gasteiger partial charge is 0.347 e. The van der Waals surface area contributed by atoms with Crippen LogP contribution in [0.1, 0.15) is 25.7 Å². The third-order valence-electron chi connectivity index (χ3n) is 4.84. The van der Waals surface area contributed by atoms with Crippen molar-refractivity contribution in [3.05, 3.63) is 24.3 Å². The molecule has 5 nitrogen and oxygen atoms in total. The Balaban J connectivity index is 1.50. The highest BCUT2D eigenvalue weighted by molar-refractivity contribution is 7.22. The van der Waals surface area contributed by atoms with E-state index >= 15 is 0 Å². The molecule has 4 rings (SSSR count). The Morgan fingerprint density at radius 2 is 2.21 bits per heavy atom. The van der Waals surface area contributed by atoms with Crippen molar-refractivity contribution in [2.24, 2.45) is 5.92 Å². The molecule has 124 valence electrons. The molecule has 1 aromatic heterocycles. The van der Waals surface area contributed by atoms with Crippen LogP contribution in [0.3, 0.4) is 0 Å². The van der Waals surface area contributed by atoms with Gasteiger partial charge in [0, 0.05) is 19.1 Å². The van der Waals surface area contributed by atoms with Gasteiger partial charge < -0.3 is 9.80 Å². The minimum absolute atomic E-state index is 0.0142. The Labute approximate surface area is 145 Å². The Morgan fingerprint density at radius 1 is 1.38 bits per heavy atom. The fourth-order valence-electron chi connectivity index (χ4n) is 3.43. The minimum Gasteiger partial charge on any atom is -0.347 e. The third kappa shape index (κ3) is 2.96. The first-order valence-electron chi connectivity index (χ1n) is 8.54. The van der Waals surface area contributed by atoms with Gasteiger partial charge in [0.1, 0.15) is 6.54 Å². The number of rotatable bonds is 4. The van der Waals surface area contributed by atoms with E-state index in [0.717, 1.165) is 42.9 Å². The molecular formula is C18H20N4OS. The predicted octanol–water partition coefficient (Wildman–Crippen LogP) is 3.03. The normalized spacial score (nSPS) is 20.8. The van der Waals surface area contributed by atoms with Crippen molar-refractivity contribution in [2.75, 3.05) is 24.5 Å². The molecule has 24 heavy (non-hydrogen) atoms. The number of anilines is 1. The number of nitriles is 1. The molecule has 2 heterocycles. The van der Waals surface area contributed by atoms with Crippen LogP contribution in [0.4, 0.5) is 5.13 Å². The molecule has 0 spiro atoms. The lowest BCUT2D eigenvalue weighted by molar-refractivity contribution is -0.135. The molecule has 1 aromatic carbocycles. The Bertz CT molecular complexity index is 759. The first kappa shape index (κ1) is 15.4. The lowest BCUT2D eigenvalue weighted by atomic mass is 9.96. The number of para-hydroxylation sites is 1. The predicted molar refractivity (Wildman–Crippen MR) is 94.9 cm³/mol. The maximum Gasteiger partial charge on any atom is 0.228 e. The van der Waals surface area contributed by atoms with Crippen molar-refractivity contribution < 1.29 is 4.79 Å². The van der Waals surface area contributed by atoms with E-state index in [4.69, 9.17) is 10.2 Å². The van der Waals surface area contributed by atoms with Crippen LogP contribution in [0.2, 0.25) is 0 Å². The lowest BCUT2D eigenvalue weighted by Crippen LogP contribution is -2.45. The summed E-state index contributed by atoms with van der Waals surface area (Å²) in [5.74, 6) is 0.143. The van der Waals surface area contributed by atoms with Gasteiger partial charge in [-0.1, -0.05) is 23.5 Å². The smallest absolute Gasteiger partial charge is 0.228 e. The van der Waals surface area contributed by atoms with Gasteiger partial charge in [0.15, 0.2) is 5.13 Å². The van der Waals surface area contributed by atoms with Gasteiger partial charge in [0.2, 0.25) is 5.91 Å². The molecule has 1 aliphatic carbocycles. The summed E-state index contributed by atoms with van der Waals surface area (Å²) in [7, 11) is 0. The number of piperidine rings is 1. The molecule has 1 amide bonds. The first-order chi connectivity index (χ1) is 11.8. The summed E-state index contributed by atoms with van der Waals surface area (Å²) < 4.78 is 1.19. The number of fused-ring (bicyclic) bond motifs is 1. The Morgan fingerprint density at radius 3 is 2.96 bits per heavy atom. The number of benzene rings is 1. The molecule has 2 fully saturated rings. The molecule has 0 radical (unpaired) electrons. The van der Waals surface area contributed by atoms with Crippen LogP contribution in [-0.4, -0.2) is 41.5 Å². The third-order valence-corrected chi connectivity index (χ3v) is 5.93. The molecule has 1 unspecified atom stereocenters. The van der Waals surface area contributed by atoms with E-state index in [1.807, 2.05) is 18.2 Å². The average molecular weight is 340 g/mol. The number of hydrogen-bond donors (Lipinski definition) is 0. The Hall–Kier alpha value is -2.13. The Kier molecular flexibility index (Phi) is 4.11. The molecule has 6 heteroatoms. The van der Waals surface area contributed by atoms with Gasteiger partial charge >= 0.3 is 0 Å². The van der Waals surface area contributed by atoms with Crippen LogP contribution in [0.25, 0.3) is 10.2 Å². The zero-order valence-corrected chi connectivity index (χ0v) is 14.3. The standard InChI is InChI=1S/C18H20N4OS/c19-9-11-22(14-7-8-14)17(23)13-4-3-10-21(12-13)18-20-15-5-1-2-6-16(15)24-18/h1-2,5-6,13-14H,3-4,7-8,10-12H2. The van der Waals surface area contributed by atoms with Crippen LogP contribution >= 0.6 is 11.3 Å². The van der Waals surface area contributed by atoms with Gasteiger partial charge in [0.05, 0.1) is 22.2 Å². The van der Waals surface area contributed by atoms with E-state index in [1.165, 1.54) is 4.70 Å². The van der Waals surface area contributed by atoms with Crippen molar-refractivity contribution >= 4 is 32.6 Å². The molecule has 1 atom stereocenters. The number of nitrogens with zero attached hydrogens (tertiary/aromatic N) is 4. The van der Waals surface area contributed by atoms with Gasteiger partial charge in [-0.3, -0.25) is 4.79 Å². The van der Waals surface area contributed by atoms with Crippen LogP contribution in [0.5, 0.6) is 0 Å². The average Bonchev–Trinajstić information content (AvgIpc) is 3.36. The number of amides is 1. The van der Waals surface area contributed by atoms with E-state index in [1.54, 1.807) is 16.2 Å². The van der Waals surface area contributed by atoms with Crippen molar-refractivity contribution in [1.82, 2.24) is 9.88 Å². The second-order valence-corrected chi connectivity index (χ2v) is 7.61. The first-order valence-corrected chi connectivity index (χ1v) is 9.36. The highest BCUT2D eigenvalue weighted by Gasteiger charge is 2.37. The van der Waals surface area contributed by atoms with E-state index in [9.17, 15) is 4.79 Å². The zero-order chi connectivity index (χ0) is 16.5. The van der Waals surface area contributed by atoms with E-state index < -0.39 is 0 Å². The summed E-state index contributed by atoms with van der Waals surface area (Å²) in [5.41, 5.74) is 1.02. The number of hydrogen-bond acceptors (Lipinski definition) is 5. The van der Waals surface area contributed by atoms with Crippen molar-refractivity contribution in [3.8, 4) is 6.07 Å². The quantitative estimate of drug-likeness (QED) is 0.803. The van der Waals surface area contributed by atoms with Crippen LogP contribution < -0.4 is 4.90 Å². The monoisotopic (exact) mass is 340 g/mol. The number of aromatic nitrogens is 1. The minimum atomic E-state index is -0.0142. The van der Waals surface area contributed by atoms with E-state index in [0.29, 0.717) is 12.6 Å². The summed E-state index contributed by atoms with van der Waals surface area (Å²) in [5, 5.41) is 10.0. The summed E-state index contributed by atoms with van der Waals surface area (Å²) in [6.07, 6.45) is 4.00. The SMILES string of the molecule is N#CCN(C(=O)C1CCCN(c2nc3ccccc3s2)C1)C1CC1. The maximum atomic E-state index is 12.8. The summed E-state index contributed by atoms with van der Waals surface area (Å²) >= 11 is 1.69. The molecule has 2 aliphatic rings. The molecule has 1 saturated carbocycles. The van der Waals surface area contributed by atoms with E-state index in [2.05, 4.69) is 17.0 Å². The topological polar surface area (TPSA) is 60.2 Å². The number of carbonyl (C=O) groups is 1. The molecule has 1 saturated heterocycles. The maximum absolute atomic E-state index is 12.8. The zero-order valence-electron chi connectivity index (χ0n) is 13.5. The molecular weight excluding hydrogens is 320 g/mol. The van der Waals surface area contributed by atoms with Gasteiger partial charge in [-0.15, -0.1) is 0 Å². The van der Waals surface area contributed by atoms with E-state index in [-0.39, 0.29) is 18.4 Å². The second-order valence-electron chi connectivity index (χ2n) is 6.60. The van der Waals surface area contributed by atoms with Gasteiger partial charge in [-0.25, -0.2) is 4.98 Å². The van der Waals surface area contributed by atoms with Gasteiger partial charge in [-0.2, -0.15) is 5.26 Å². The molecule has 1 aliphatic heterocycles. The highest BCUT2D eigenvalue weighted by Crippen LogP contribution is 2.33. The molecule has 0 N–H and O–H groups in total. The van der Waals surface area contributed by atoms with Crippen molar-refractivity contribution in [2.45, 2.75) is 31.7 Å². The van der Waals surface area contributed by atoms with Gasteiger partial charge in [0.25, 0.3) is 0 Å². The summed E-state index contributed by atoms with van der Waals surface area (Å²) in [6, 6.07) is 10.6. The molecule has 2 aromatic rings. The highest BCUT2D eigenvalue weighted by atomic mass is 32.1. The number of thiazole rings is 1. The fourth-order valence-corrected chi connectivity index (χ4v) is 4.43. The van der Waals surface area contributed by atoms with Crippen LogP contribution in [-0.2, 0) is 4.79 Å². The number of carbonyl (C=O) groups excluding carboxylic acids is 1.